The molecule has 2 fully saturated rings. The van der Waals surface area contributed by atoms with E-state index in [1.165, 1.54) is 20.0 Å². The van der Waals surface area contributed by atoms with Crippen molar-refractivity contribution < 1.29 is 33.1 Å². The van der Waals surface area contributed by atoms with Gasteiger partial charge in [0, 0.05) is 50.2 Å². The van der Waals surface area contributed by atoms with Gasteiger partial charge in [-0.3, -0.25) is 19.3 Å². The Kier molecular flexibility index (Phi) is 8.17. The molecular formula is C26H33F2N5O5. The average Bonchev–Trinajstić information content (AvgIpc) is 3.33. The molecule has 2 aromatic rings. The molecule has 1 aliphatic heterocycles. The molecule has 1 aromatic carbocycles. The van der Waals surface area contributed by atoms with Crippen molar-refractivity contribution in [1.82, 2.24) is 25.0 Å². The van der Waals surface area contributed by atoms with Gasteiger partial charge in [0.25, 0.3) is 5.91 Å². The number of H-pyrrole nitrogens is 1. The van der Waals surface area contributed by atoms with Crippen LogP contribution in [0.5, 0.6) is 0 Å². The van der Waals surface area contributed by atoms with Crippen LogP contribution in [0.4, 0.5) is 13.6 Å². The molecule has 4 amide bonds. The normalized spacial score (nSPS) is 18.2. The third-order valence-corrected chi connectivity index (χ3v) is 7.72. The molecule has 2 atom stereocenters. The van der Waals surface area contributed by atoms with Gasteiger partial charge in [-0.1, -0.05) is 19.3 Å². The number of piperazine rings is 1. The number of aromatic amines is 1. The summed E-state index contributed by atoms with van der Waals surface area (Å²) in [5.41, 5.74) is 0.517. The van der Waals surface area contributed by atoms with E-state index in [4.69, 9.17) is 0 Å². The third-order valence-electron chi connectivity index (χ3n) is 7.72. The van der Waals surface area contributed by atoms with Gasteiger partial charge in [-0.05, 0) is 37.8 Å². The Balaban J connectivity index is 1.42. The van der Waals surface area contributed by atoms with Crippen LogP contribution in [0.15, 0.2) is 18.2 Å². The summed E-state index contributed by atoms with van der Waals surface area (Å²) in [6.07, 6.45) is 3.32. The minimum Gasteiger partial charge on any atom is -0.465 e. The Morgan fingerprint density at radius 3 is 2.24 bits per heavy atom. The summed E-state index contributed by atoms with van der Waals surface area (Å²) in [4.78, 5) is 57.7. The highest BCUT2D eigenvalue weighted by molar-refractivity contribution is 5.98. The number of carbonyl (C=O) groups is 4. The van der Waals surface area contributed by atoms with Gasteiger partial charge in [-0.15, -0.1) is 0 Å². The monoisotopic (exact) mass is 533 g/mol. The molecule has 2 aliphatic rings. The summed E-state index contributed by atoms with van der Waals surface area (Å²) in [7, 11) is 1.31. The first-order valence-corrected chi connectivity index (χ1v) is 12.9. The molecule has 10 nitrogen and oxygen atoms in total. The zero-order valence-corrected chi connectivity index (χ0v) is 21.5. The molecule has 0 unspecified atom stereocenters. The summed E-state index contributed by atoms with van der Waals surface area (Å²) >= 11 is 0. The molecular weight excluding hydrogens is 500 g/mol. The minimum atomic E-state index is -1.24. The predicted molar refractivity (Wildman–Crippen MR) is 134 cm³/mol. The summed E-state index contributed by atoms with van der Waals surface area (Å²) in [6, 6.07) is 1.78. The van der Waals surface area contributed by atoms with Gasteiger partial charge in [0.15, 0.2) is 11.6 Å². The van der Waals surface area contributed by atoms with Crippen LogP contribution in [-0.2, 0) is 9.59 Å². The van der Waals surface area contributed by atoms with Crippen LogP contribution in [0.3, 0.4) is 0 Å². The van der Waals surface area contributed by atoms with Crippen LogP contribution in [0.1, 0.15) is 49.5 Å². The summed E-state index contributed by atoms with van der Waals surface area (Å²) in [5, 5.41) is 12.4. The smallest absolute Gasteiger partial charge is 0.407 e. The molecule has 0 spiro atoms. The number of nitrogens with zero attached hydrogens (tertiary/aromatic N) is 3. The molecule has 1 aromatic heterocycles. The van der Waals surface area contributed by atoms with Crippen molar-refractivity contribution in [3.8, 4) is 0 Å². The van der Waals surface area contributed by atoms with E-state index in [1.807, 2.05) is 0 Å². The van der Waals surface area contributed by atoms with Crippen LogP contribution in [0, 0.1) is 17.6 Å². The van der Waals surface area contributed by atoms with Crippen molar-refractivity contribution in [3.63, 3.8) is 0 Å². The maximum atomic E-state index is 13.6. The summed E-state index contributed by atoms with van der Waals surface area (Å²) in [5.74, 6) is -3.15. The third kappa shape index (κ3) is 5.73. The second-order valence-electron chi connectivity index (χ2n) is 10.1. The van der Waals surface area contributed by atoms with Gasteiger partial charge in [0.1, 0.15) is 17.8 Å². The van der Waals surface area contributed by atoms with Crippen LogP contribution in [0.25, 0.3) is 10.9 Å². The Bertz CT molecular complexity index is 1180. The summed E-state index contributed by atoms with van der Waals surface area (Å²) < 4.78 is 27.1. The van der Waals surface area contributed by atoms with Gasteiger partial charge >= 0.3 is 6.09 Å². The van der Waals surface area contributed by atoms with Gasteiger partial charge in [-0.2, -0.15) is 0 Å². The Hall–Kier alpha value is -3.70. The highest BCUT2D eigenvalue weighted by atomic mass is 19.2. The summed E-state index contributed by atoms with van der Waals surface area (Å²) in [6.45, 7) is 2.51. The number of rotatable bonds is 6. The van der Waals surface area contributed by atoms with E-state index in [0.29, 0.717) is 10.9 Å². The van der Waals surface area contributed by atoms with E-state index in [1.54, 1.807) is 9.80 Å². The van der Waals surface area contributed by atoms with Crippen molar-refractivity contribution in [2.75, 3.05) is 33.2 Å². The number of likely N-dealkylation sites (N-methyl/N-ethyl adjacent to an activating group) is 1. The molecule has 1 saturated carbocycles. The van der Waals surface area contributed by atoms with E-state index in [-0.39, 0.29) is 49.6 Å². The van der Waals surface area contributed by atoms with E-state index >= 15 is 0 Å². The van der Waals surface area contributed by atoms with Crippen LogP contribution >= 0.6 is 0 Å². The molecule has 12 heteroatoms. The fraction of sp³-hybridized carbons (Fsp3) is 0.538. The van der Waals surface area contributed by atoms with Crippen LogP contribution < -0.4 is 5.32 Å². The molecule has 1 aliphatic carbocycles. The first kappa shape index (κ1) is 27.3. The largest absolute Gasteiger partial charge is 0.465 e. The van der Waals surface area contributed by atoms with Gasteiger partial charge < -0.3 is 25.2 Å². The topological polar surface area (TPSA) is 126 Å². The number of aromatic nitrogens is 1. The molecule has 3 N–H and O–H groups in total. The second kappa shape index (κ2) is 11.4. The number of halogens is 2. The first-order valence-electron chi connectivity index (χ1n) is 12.9. The predicted octanol–water partition coefficient (Wildman–Crippen LogP) is 2.79. The quantitative estimate of drug-likeness (QED) is 0.527. The maximum Gasteiger partial charge on any atom is 0.407 e. The average molecular weight is 534 g/mol. The van der Waals surface area contributed by atoms with Crippen molar-refractivity contribution >= 4 is 34.7 Å². The molecule has 0 bridgehead atoms. The minimum absolute atomic E-state index is 0.0469. The van der Waals surface area contributed by atoms with Crippen LogP contribution in [0.2, 0.25) is 0 Å². The van der Waals surface area contributed by atoms with E-state index in [0.717, 1.165) is 49.1 Å². The number of fused-ring (bicyclic) bond motifs is 1. The van der Waals surface area contributed by atoms with Crippen LogP contribution in [-0.4, -0.2) is 93.9 Å². The number of hydrogen-bond donors (Lipinski definition) is 3. The molecule has 0 radical (unpaired) electrons. The highest BCUT2D eigenvalue weighted by Gasteiger charge is 2.37. The second-order valence-corrected chi connectivity index (χ2v) is 10.1. The Morgan fingerprint density at radius 2 is 1.61 bits per heavy atom. The standard InChI is InChI=1S/C26H33F2N5O5/c1-15(31(2)26(37)38)23(34)30-22(16-6-4-3-5-7-16)25(36)33-10-8-32(9-11-33)24(35)21-13-17-12-18(27)19(28)14-20(17)29-21/h12-16,22,29H,3-11H2,1-2H3,(H,30,34)(H,37,38)/t15-,22-/m0/s1. The molecule has 206 valence electrons. The van der Waals surface area contributed by atoms with E-state index in [2.05, 4.69) is 10.3 Å². The fourth-order valence-corrected chi connectivity index (χ4v) is 5.20. The highest BCUT2D eigenvalue weighted by Crippen LogP contribution is 2.28. The molecule has 4 rings (SSSR count). The lowest BCUT2D eigenvalue weighted by Gasteiger charge is -2.39. The Labute approximate surface area is 218 Å². The first-order chi connectivity index (χ1) is 18.1. The number of hydrogen-bond acceptors (Lipinski definition) is 4. The van der Waals surface area contributed by atoms with Gasteiger partial charge in [-0.25, -0.2) is 13.6 Å². The lowest BCUT2D eigenvalue weighted by atomic mass is 9.83. The number of amides is 4. The van der Waals surface area contributed by atoms with E-state index < -0.39 is 35.7 Å². The lowest BCUT2D eigenvalue weighted by molar-refractivity contribution is -0.140. The van der Waals surface area contributed by atoms with Crippen molar-refractivity contribution in [1.29, 1.82) is 0 Å². The number of carbonyl (C=O) groups excluding carboxylic acids is 3. The van der Waals surface area contributed by atoms with Gasteiger partial charge in [0.05, 0.1) is 0 Å². The zero-order chi connectivity index (χ0) is 27.6. The number of nitrogens with one attached hydrogen (secondary N) is 2. The zero-order valence-electron chi connectivity index (χ0n) is 21.5. The molecule has 38 heavy (non-hydrogen) atoms. The molecule has 2 heterocycles. The van der Waals surface area contributed by atoms with Crippen molar-refractivity contribution in [2.45, 2.75) is 51.1 Å². The van der Waals surface area contributed by atoms with Crippen molar-refractivity contribution in [2.24, 2.45) is 5.92 Å². The fourth-order valence-electron chi connectivity index (χ4n) is 5.20. The maximum absolute atomic E-state index is 13.6. The van der Waals surface area contributed by atoms with Crippen molar-refractivity contribution in [3.05, 3.63) is 35.5 Å². The number of benzene rings is 1. The Morgan fingerprint density at radius 1 is 1.00 bits per heavy atom. The van der Waals surface area contributed by atoms with E-state index in [9.17, 15) is 33.1 Å². The SMILES string of the molecule is C[C@@H](C(=O)N[C@H](C(=O)N1CCN(C(=O)c2cc3cc(F)c(F)cc3[nH]2)CC1)C1CCCCC1)N(C)C(=O)O. The lowest BCUT2D eigenvalue weighted by Crippen LogP contribution is -2.59. The molecule has 1 saturated heterocycles. The van der Waals surface area contributed by atoms with Gasteiger partial charge in [0.2, 0.25) is 11.8 Å². The number of carboxylic acid groups (broad SMARTS) is 1.